The Hall–Kier alpha value is -1.06. The lowest BCUT2D eigenvalue weighted by molar-refractivity contribution is -0.135. The number of rotatable bonds is 3. The summed E-state index contributed by atoms with van der Waals surface area (Å²) in [5, 5.41) is -0.506. The minimum atomic E-state index is -1.04. The zero-order chi connectivity index (χ0) is 10.7. The van der Waals surface area contributed by atoms with Gasteiger partial charge in [-0.15, -0.1) is 11.6 Å². The Balaban J connectivity index is 2.89. The topological polar surface area (TPSA) is 60.2 Å². The first-order valence-electron chi connectivity index (χ1n) is 3.75. The number of ketones is 1. The number of primary amides is 1. The van der Waals surface area contributed by atoms with Gasteiger partial charge in [-0.05, 0) is 17.7 Å². The minimum absolute atomic E-state index is 0.500. The number of hydrogen-bond donors (Lipinski definition) is 1. The highest BCUT2D eigenvalue weighted by Gasteiger charge is 2.22. The first-order chi connectivity index (χ1) is 6.52. The van der Waals surface area contributed by atoms with Crippen LogP contribution in [0.15, 0.2) is 24.3 Å². The summed E-state index contributed by atoms with van der Waals surface area (Å²) in [6.45, 7) is 0. The van der Waals surface area contributed by atoms with Gasteiger partial charge >= 0.3 is 0 Å². The third-order valence-electron chi connectivity index (χ3n) is 1.64. The maximum Gasteiger partial charge on any atom is 0.286 e. The summed E-state index contributed by atoms with van der Waals surface area (Å²) < 4.78 is 0. The van der Waals surface area contributed by atoms with Gasteiger partial charge in [0, 0.05) is 5.02 Å². The molecule has 1 aromatic carbocycles. The van der Waals surface area contributed by atoms with Gasteiger partial charge in [-0.3, -0.25) is 9.59 Å². The third kappa shape index (κ3) is 2.47. The molecular formula is C9H7Cl2NO2. The van der Waals surface area contributed by atoms with E-state index in [1.54, 1.807) is 24.3 Å². The third-order valence-corrected chi connectivity index (χ3v) is 2.34. The Morgan fingerprint density at radius 2 is 1.71 bits per heavy atom. The number of Topliss-reactive ketones (excluding diaryl/α,β-unsaturated/α-hetero) is 1. The molecule has 1 unspecified atom stereocenters. The predicted octanol–water partition coefficient (Wildman–Crippen LogP) is 1.67. The number of hydrogen-bond acceptors (Lipinski definition) is 2. The fourth-order valence-electron chi connectivity index (χ4n) is 0.908. The summed E-state index contributed by atoms with van der Waals surface area (Å²) in [7, 11) is 0. The van der Waals surface area contributed by atoms with Crippen molar-refractivity contribution in [2.45, 2.75) is 5.38 Å². The second kappa shape index (κ2) is 4.44. The van der Waals surface area contributed by atoms with Crippen LogP contribution in [0.1, 0.15) is 10.9 Å². The van der Waals surface area contributed by atoms with Crippen molar-refractivity contribution in [3.63, 3.8) is 0 Å². The number of carbonyl (C=O) groups excluding carboxylic acids is 2. The molecule has 0 aromatic heterocycles. The van der Waals surface area contributed by atoms with Crippen LogP contribution in [0, 0.1) is 0 Å². The van der Waals surface area contributed by atoms with E-state index in [-0.39, 0.29) is 0 Å². The molecule has 0 aliphatic rings. The predicted molar refractivity (Wildman–Crippen MR) is 54.2 cm³/mol. The molecule has 1 atom stereocenters. The van der Waals surface area contributed by atoms with Gasteiger partial charge in [0.1, 0.15) is 5.38 Å². The highest BCUT2D eigenvalue weighted by Crippen LogP contribution is 2.22. The van der Waals surface area contributed by atoms with Gasteiger partial charge in [0.25, 0.3) is 5.91 Å². The first-order valence-corrected chi connectivity index (χ1v) is 4.57. The van der Waals surface area contributed by atoms with E-state index in [0.29, 0.717) is 10.6 Å². The molecule has 1 amide bonds. The molecular weight excluding hydrogens is 225 g/mol. The average Bonchev–Trinajstić information content (AvgIpc) is 2.16. The van der Waals surface area contributed by atoms with Crippen molar-refractivity contribution < 1.29 is 9.59 Å². The molecule has 2 N–H and O–H groups in total. The van der Waals surface area contributed by atoms with Crippen molar-refractivity contribution in [2.75, 3.05) is 0 Å². The van der Waals surface area contributed by atoms with E-state index >= 15 is 0 Å². The molecule has 0 spiro atoms. The Bertz CT molecular complexity index is 362. The molecule has 1 rings (SSSR count). The molecule has 0 bridgehead atoms. The molecule has 0 saturated heterocycles. The largest absolute Gasteiger partial charge is 0.363 e. The van der Waals surface area contributed by atoms with Crippen LogP contribution in [0.5, 0.6) is 0 Å². The molecule has 0 aliphatic carbocycles. The van der Waals surface area contributed by atoms with E-state index in [1.165, 1.54) is 0 Å². The minimum Gasteiger partial charge on any atom is -0.363 e. The van der Waals surface area contributed by atoms with E-state index in [1.807, 2.05) is 0 Å². The molecule has 74 valence electrons. The van der Waals surface area contributed by atoms with Crippen molar-refractivity contribution in [3.8, 4) is 0 Å². The number of alkyl halides is 1. The van der Waals surface area contributed by atoms with Crippen molar-refractivity contribution >= 4 is 34.9 Å². The van der Waals surface area contributed by atoms with Gasteiger partial charge in [-0.25, -0.2) is 0 Å². The number of carbonyl (C=O) groups is 2. The van der Waals surface area contributed by atoms with Crippen LogP contribution in [0.25, 0.3) is 0 Å². The molecule has 1 aromatic rings. The van der Waals surface area contributed by atoms with Crippen molar-refractivity contribution in [2.24, 2.45) is 5.73 Å². The molecule has 3 nitrogen and oxygen atoms in total. The Kier molecular flexibility index (Phi) is 3.49. The maximum absolute atomic E-state index is 11.1. The zero-order valence-electron chi connectivity index (χ0n) is 7.04. The van der Waals surface area contributed by atoms with Gasteiger partial charge in [0.2, 0.25) is 5.78 Å². The van der Waals surface area contributed by atoms with Gasteiger partial charge in [-0.1, -0.05) is 23.7 Å². The SMILES string of the molecule is NC(=O)C(=O)C(Cl)c1ccc(Cl)cc1. The van der Waals surface area contributed by atoms with E-state index in [0.717, 1.165) is 0 Å². The van der Waals surface area contributed by atoms with E-state index in [4.69, 9.17) is 28.9 Å². The van der Waals surface area contributed by atoms with Gasteiger partial charge in [-0.2, -0.15) is 0 Å². The molecule has 0 aliphatic heterocycles. The van der Waals surface area contributed by atoms with Crippen molar-refractivity contribution in [1.29, 1.82) is 0 Å². The molecule has 5 heteroatoms. The van der Waals surface area contributed by atoms with Crippen molar-refractivity contribution in [1.82, 2.24) is 0 Å². The standard InChI is InChI=1S/C9H7Cl2NO2/c10-6-3-1-5(2-4-6)7(11)8(13)9(12)14/h1-4,7H,(H2,12,14). The zero-order valence-corrected chi connectivity index (χ0v) is 8.55. The summed E-state index contributed by atoms with van der Waals surface area (Å²) in [6, 6.07) is 6.31. The second-order valence-corrected chi connectivity index (χ2v) is 3.52. The van der Waals surface area contributed by atoms with Crippen LogP contribution in [-0.2, 0) is 9.59 Å². The quantitative estimate of drug-likeness (QED) is 0.636. The molecule has 0 saturated carbocycles. The lowest BCUT2D eigenvalue weighted by Crippen LogP contribution is -2.26. The highest BCUT2D eigenvalue weighted by molar-refractivity contribution is 6.48. The fraction of sp³-hybridized carbons (Fsp3) is 0.111. The molecule has 0 radical (unpaired) electrons. The molecule has 0 fully saturated rings. The summed E-state index contributed by atoms with van der Waals surface area (Å²) >= 11 is 11.3. The normalized spacial score (nSPS) is 12.1. The fourth-order valence-corrected chi connectivity index (χ4v) is 1.29. The van der Waals surface area contributed by atoms with Gasteiger partial charge in [0.15, 0.2) is 0 Å². The van der Waals surface area contributed by atoms with E-state index in [2.05, 4.69) is 0 Å². The summed E-state index contributed by atoms with van der Waals surface area (Å²) in [5.74, 6) is -1.87. The van der Waals surface area contributed by atoms with Crippen LogP contribution in [0.2, 0.25) is 5.02 Å². The van der Waals surface area contributed by atoms with Crippen LogP contribution in [0.4, 0.5) is 0 Å². The molecule has 0 heterocycles. The second-order valence-electron chi connectivity index (χ2n) is 2.64. The maximum atomic E-state index is 11.1. The van der Waals surface area contributed by atoms with Gasteiger partial charge < -0.3 is 5.73 Å². The Morgan fingerprint density at radius 1 is 1.21 bits per heavy atom. The lowest BCUT2D eigenvalue weighted by atomic mass is 10.1. The number of halogens is 2. The van der Waals surface area contributed by atoms with Crippen LogP contribution < -0.4 is 5.73 Å². The highest BCUT2D eigenvalue weighted by atomic mass is 35.5. The number of benzene rings is 1. The number of amides is 1. The summed E-state index contributed by atoms with van der Waals surface area (Å²) in [5.41, 5.74) is 5.31. The van der Waals surface area contributed by atoms with E-state index < -0.39 is 17.1 Å². The Labute approximate surface area is 90.8 Å². The summed E-state index contributed by atoms with van der Waals surface area (Å²) in [6.07, 6.45) is 0. The summed E-state index contributed by atoms with van der Waals surface area (Å²) in [4.78, 5) is 21.6. The smallest absolute Gasteiger partial charge is 0.286 e. The lowest BCUT2D eigenvalue weighted by Gasteiger charge is -2.05. The first kappa shape index (κ1) is 11.0. The van der Waals surface area contributed by atoms with Crippen LogP contribution >= 0.6 is 23.2 Å². The van der Waals surface area contributed by atoms with Crippen molar-refractivity contribution in [3.05, 3.63) is 34.9 Å². The van der Waals surface area contributed by atoms with Crippen LogP contribution in [-0.4, -0.2) is 11.7 Å². The Morgan fingerprint density at radius 3 is 2.14 bits per heavy atom. The molecule has 14 heavy (non-hydrogen) atoms. The number of nitrogens with two attached hydrogens (primary N) is 1. The average molecular weight is 232 g/mol. The van der Waals surface area contributed by atoms with Crippen LogP contribution in [0.3, 0.4) is 0 Å². The van der Waals surface area contributed by atoms with Gasteiger partial charge in [0.05, 0.1) is 0 Å². The van der Waals surface area contributed by atoms with E-state index in [9.17, 15) is 9.59 Å². The monoisotopic (exact) mass is 231 g/mol.